The molecule has 0 bridgehead atoms. The Balaban J connectivity index is 1.71. The lowest BCUT2D eigenvalue weighted by atomic mass is 10.0. The number of rotatable bonds is 7. The van der Waals surface area contributed by atoms with E-state index in [4.69, 9.17) is 0 Å². The first kappa shape index (κ1) is 18.5. The lowest BCUT2D eigenvalue weighted by Crippen LogP contribution is -2.33. The van der Waals surface area contributed by atoms with E-state index in [2.05, 4.69) is 27.1 Å². The summed E-state index contributed by atoms with van der Waals surface area (Å²) in [5, 5.41) is 3.04. The molecule has 1 saturated heterocycles. The smallest absolute Gasteiger partial charge is 0.251 e. The van der Waals surface area contributed by atoms with Crippen LogP contribution in [0, 0.1) is 6.92 Å². The summed E-state index contributed by atoms with van der Waals surface area (Å²) in [4.78, 5) is 23.9. The monoisotopic (exact) mass is 352 g/mol. The lowest BCUT2D eigenvalue weighted by Gasteiger charge is -2.15. The van der Waals surface area contributed by atoms with E-state index in [9.17, 15) is 4.79 Å². The number of nitrogens with zero attached hydrogens (tertiary/aromatic N) is 3. The Morgan fingerprint density at radius 1 is 1.27 bits per heavy atom. The summed E-state index contributed by atoms with van der Waals surface area (Å²) >= 11 is 0. The second-order valence-electron chi connectivity index (χ2n) is 6.93. The molecule has 0 aliphatic carbocycles. The number of carbonyl (C=O) groups is 1. The number of aromatic nitrogens is 2. The third kappa shape index (κ3) is 4.67. The molecule has 1 aliphatic heterocycles. The van der Waals surface area contributed by atoms with Gasteiger partial charge < -0.3 is 10.2 Å². The molecule has 2 aromatic rings. The van der Waals surface area contributed by atoms with Crippen molar-refractivity contribution in [2.45, 2.75) is 39.5 Å². The third-order valence-corrected chi connectivity index (χ3v) is 4.81. The Morgan fingerprint density at radius 3 is 2.85 bits per heavy atom. The van der Waals surface area contributed by atoms with Gasteiger partial charge in [0.25, 0.3) is 5.91 Å². The van der Waals surface area contributed by atoms with Crippen molar-refractivity contribution in [1.82, 2.24) is 20.2 Å². The van der Waals surface area contributed by atoms with Gasteiger partial charge in [-0.15, -0.1) is 0 Å². The minimum absolute atomic E-state index is 0.0196. The van der Waals surface area contributed by atoms with Gasteiger partial charge in [-0.1, -0.05) is 25.5 Å². The zero-order valence-electron chi connectivity index (χ0n) is 15.8. The molecule has 0 radical (unpaired) electrons. The fraction of sp³-hybridized carbons (Fsp3) is 0.476. The Labute approximate surface area is 155 Å². The highest BCUT2D eigenvalue weighted by atomic mass is 16.1. The van der Waals surface area contributed by atoms with Crippen LogP contribution in [-0.4, -0.2) is 47.0 Å². The van der Waals surface area contributed by atoms with Crippen molar-refractivity contribution in [1.29, 1.82) is 0 Å². The molecule has 3 rings (SSSR count). The molecule has 26 heavy (non-hydrogen) atoms. The lowest BCUT2D eigenvalue weighted by molar-refractivity contribution is 0.0950. The number of likely N-dealkylation sites (tertiary alicyclic amines) is 1. The van der Waals surface area contributed by atoms with Gasteiger partial charge in [0.15, 0.2) is 0 Å². The SMILES string of the molecule is CCCc1cnc(C)nc1-c1cccc(C(=O)NCCN2CCCC2)c1. The zero-order valence-corrected chi connectivity index (χ0v) is 15.8. The van der Waals surface area contributed by atoms with Crippen molar-refractivity contribution in [2.24, 2.45) is 0 Å². The van der Waals surface area contributed by atoms with E-state index >= 15 is 0 Å². The minimum atomic E-state index is -0.0196. The number of amides is 1. The summed E-state index contributed by atoms with van der Waals surface area (Å²) in [6.07, 6.45) is 6.42. The summed E-state index contributed by atoms with van der Waals surface area (Å²) in [6.45, 7) is 7.97. The van der Waals surface area contributed by atoms with E-state index in [0.717, 1.165) is 55.1 Å². The predicted molar refractivity (Wildman–Crippen MR) is 104 cm³/mol. The molecule has 5 nitrogen and oxygen atoms in total. The van der Waals surface area contributed by atoms with Crippen LogP contribution in [0.4, 0.5) is 0 Å². The quantitative estimate of drug-likeness (QED) is 0.831. The summed E-state index contributed by atoms with van der Waals surface area (Å²) in [7, 11) is 0. The molecule has 0 atom stereocenters. The van der Waals surface area contributed by atoms with E-state index in [1.807, 2.05) is 37.4 Å². The van der Waals surface area contributed by atoms with E-state index in [1.54, 1.807) is 0 Å². The highest BCUT2D eigenvalue weighted by Gasteiger charge is 2.13. The molecule has 0 spiro atoms. The molecule has 1 aromatic carbocycles. The topological polar surface area (TPSA) is 58.1 Å². The van der Waals surface area contributed by atoms with Gasteiger partial charge in [-0.3, -0.25) is 4.79 Å². The normalized spacial score (nSPS) is 14.5. The van der Waals surface area contributed by atoms with Gasteiger partial charge >= 0.3 is 0 Å². The van der Waals surface area contributed by atoms with E-state index in [-0.39, 0.29) is 5.91 Å². The fourth-order valence-corrected chi connectivity index (χ4v) is 3.44. The van der Waals surface area contributed by atoms with Crippen LogP contribution in [0.25, 0.3) is 11.3 Å². The van der Waals surface area contributed by atoms with Crippen molar-refractivity contribution < 1.29 is 4.79 Å². The van der Waals surface area contributed by atoms with Gasteiger partial charge in [-0.25, -0.2) is 9.97 Å². The second kappa shape index (κ2) is 8.90. The summed E-state index contributed by atoms with van der Waals surface area (Å²) in [6, 6.07) is 7.74. The maximum absolute atomic E-state index is 12.5. The van der Waals surface area contributed by atoms with Crippen molar-refractivity contribution in [3.8, 4) is 11.3 Å². The number of hydrogen-bond acceptors (Lipinski definition) is 4. The molecule has 1 aromatic heterocycles. The fourth-order valence-electron chi connectivity index (χ4n) is 3.44. The van der Waals surface area contributed by atoms with Crippen molar-refractivity contribution >= 4 is 5.91 Å². The second-order valence-corrected chi connectivity index (χ2v) is 6.93. The molecule has 5 heteroatoms. The molecule has 1 N–H and O–H groups in total. The van der Waals surface area contributed by atoms with Gasteiger partial charge in [0.2, 0.25) is 0 Å². The van der Waals surface area contributed by atoms with Crippen molar-refractivity contribution in [3.05, 3.63) is 47.4 Å². The predicted octanol–water partition coefficient (Wildman–Crippen LogP) is 3.23. The highest BCUT2D eigenvalue weighted by molar-refractivity contribution is 5.95. The van der Waals surface area contributed by atoms with Gasteiger partial charge in [0.1, 0.15) is 5.82 Å². The molecule has 0 saturated carbocycles. The number of benzene rings is 1. The standard InChI is InChI=1S/C21H28N4O/c1-3-7-19-15-23-16(2)24-20(19)17-8-6-9-18(14-17)21(26)22-10-13-25-11-4-5-12-25/h6,8-9,14-15H,3-5,7,10-13H2,1-2H3,(H,22,26). The van der Waals surface area contributed by atoms with Crippen LogP contribution >= 0.6 is 0 Å². The average molecular weight is 352 g/mol. The Hall–Kier alpha value is -2.27. The van der Waals surface area contributed by atoms with Crippen LogP contribution in [0.5, 0.6) is 0 Å². The number of hydrogen-bond donors (Lipinski definition) is 1. The van der Waals surface area contributed by atoms with Gasteiger partial charge in [-0.05, 0) is 57.0 Å². The zero-order chi connectivity index (χ0) is 18.4. The first-order valence-corrected chi connectivity index (χ1v) is 9.61. The van der Waals surface area contributed by atoms with Crippen LogP contribution in [0.15, 0.2) is 30.5 Å². The number of nitrogens with one attached hydrogen (secondary N) is 1. The molecule has 1 fully saturated rings. The maximum atomic E-state index is 12.5. The highest BCUT2D eigenvalue weighted by Crippen LogP contribution is 2.23. The molecule has 1 amide bonds. The Morgan fingerprint density at radius 2 is 2.08 bits per heavy atom. The van der Waals surface area contributed by atoms with Crippen LogP contribution < -0.4 is 5.32 Å². The van der Waals surface area contributed by atoms with Gasteiger partial charge in [0.05, 0.1) is 5.69 Å². The van der Waals surface area contributed by atoms with Gasteiger partial charge in [-0.2, -0.15) is 0 Å². The molecular weight excluding hydrogens is 324 g/mol. The molecule has 138 valence electrons. The first-order valence-electron chi connectivity index (χ1n) is 9.61. The largest absolute Gasteiger partial charge is 0.351 e. The minimum Gasteiger partial charge on any atom is -0.351 e. The van der Waals surface area contributed by atoms with Crippen LogP contribution in [0.1, 0.15) is 47.9 Å². The van der Waals surface area contributed by atoms with E-state index in [0.29, 0.717) is 12.1 Å². The van der Waals surface area contributed by atoms with Crippen molar-refractivity contribution in [2.75, 3.05) is 26.2 Å². The molecule has 0 unspecified atom stereocenters. The van der Waals surface area contributed by atoms with Crippen LogP contribution in [0.3, 0.4) is 0 Å². The van der Waals surface area contributed by atoms with Gasteiger partial charge in [0, 0.05) is 30.4 Å². The van der Waals surface area contributed by atoms with E-state index < -0.39 is 0 Å². The van der Waals surface area contributed by atoms with Crippen LogP contribution in [-0.2, 0) is 6.42 Å². The average Bonchev–Trinajstić information content (AvgIpc) is 3.17. The van der Waals surface area contributed by atoms with Crippen LogP contribution in [0.2, 0.25) is 0 Å². The Kier molecular flexibility index (Phi) is 6.34. The first-order chi connectivity index (χ1) is 12.7. The summed E-state index contributed by atoms with van der Waals surface area (Å²) in [5.74, 6) is 0.731. The summed E-state index contributed by atoms with van der Waals surface area (Å²) in [5.41, 5.74) is 3.73. The number of aryl methyl sites for hydroxylation is 2. The molecule has 2 heterocycles. The summed E-state index contributed by atoms with van der Waals surface area (Å²) < 4.78 is 0. The van der Waals surface area contributed by atoms with E-state index in [1.165, 1.54) is 12.8 Å². The maximum Gasteiger partial charge on any atom is 0.251 e. The van der Waals surface area contributed by atoms with Crippen molar-refractivity contribution in [3.63, 3.8) is 0 Å². The molecular formula is C21H28N4O. The Bertz CT molecular complexity index is 753. The third-order valence-electron chi connectivity index (χ3n) is 4.81. The number of carbonyl (C=O) groups excluding carboxylic acids is 1. The molecule has 1 aliphatic rings.